The minimum absolute atomic E-state index is 0.108. The smallest absolute Gasteiger partial charge is 0.263 e. The lowest BCUT2D eigenvalue weighted by atomic mass is 10.1. The number of hydrogen-bond donors (Lipinski definition) is 0. The van der Waals surface area contributed by atoms with Gasteiger partial charge in [-0.05, 0) is 25.0 Å². The molecule has 0 aliphatic carbocycles. The molecule has 1 aromatic heterocycles. The first kappa shape index (κ1) is 19.5. The molecule has 0 fully saturated rings. The Bertz CT molecular complexity index is 1050. The normalized spacial score (nSPS) is 11.4. The van der Waals surface area contributed by atoms with Gasteiger partial charge in [0.15, 0.2) is 0 Å². The average molecular weight is 371 g/mol. The van der Waals surface area contributed by atoms with Crippen LogP contribution in [0, 0.1) is 0 Å². The number of aromatic nitrogens is 2. The third-order valence-corrected chi connectivity index (χ3v) is 4.58. The molecule has 4 nitrogen and oxygen atoms in total. The van der Waals surface area contributed by atoms with Crippen molar-refractivity contribution in [3.63, 3.8) is 0 Å². The maximum Gasteiger partial charge on any atom is 0.263 e. The van der Waals surface area contributed by atoms with E-state index in [1.807, 2.05) is 55.5 Å². The molecular formula is C24H25N3O. The molecule has 0 saturated heterocycles. The van der Waals surface area contributed by atoms with E-state index >= 15 is 0 Å². The second kappa shape index (κ2) is 9.09. The summed E-state index contributed by atoms with van der Waals surface area (Å²) >= 11 is 0. The molecule has 0 atom stereocenters. The maximum atomic E-state index is 13.2. The highest BCUT2D eigenvalue weighted by molar-refractivity contribution is 6.00. The Morgan fingerprint density at radius 3 is 2.57 bits per heavy atom. The number of aliphatic imine (C=N–C) groups is 1. The number of rotatable bonds is 7. The molecule has 0 aliphatic heterocycles. The van der Waals surface area contributed by atoms with E-state index in [0.29, 0.717) is 23.6 Å². The number of para-hydroxylation sites is 1. The Morgan fingerprint density at radius 1 is 1.14 bits per heavy atom. The lowest BCUT2D eigenvalue weighted by Gasteiger charge is -2.12. The molecule has 0 radical (unpaired) electrons. The fraction of sp³-hybridized carbons (Fsp3) is 0.208. The molecule has 3 rings (SSSR count). The van der Waals surface area contributed by atoms with Gasteiger partial charge in [-0.1, -0.05) is 68.0 Å². The van der Waals surface area contributed by atoms with Crippen molar-refractivity contribution >= 4 is 11.4 Å². The fourth-order valence-corrected chi connectivity index (χ4v) is 3.20. The number of allylic oxidation sites excluding steroid dienone is 1. The SMILES string of the molecule is C=CCn1c(-c2ccccc2)ncc(C(C)=Nc2ccccc2CCC)c1=O. The Labute approximate surface area is 165 Å². The molecule has 0 aliphatic rings. The van der Waals surface area contributed by atoms with Crippen LogP contribution in [0.1, 0.15) is 31.4 Å². The van der Waals surface area contributed by atoms with Gasteiger partial charge in [0.1, 0.15) is 5.82 Å². The summed E-state index contributed by atoms with van der Waals surface area (Å²) in [4.78, 5) is 22.5. The van der Waals surface area contributed by atoms with Crippen LogP contribution in [0.3, 0.4) is 0 Å². The van der Waals surface area contributed by atoms with Crippen LogP contribution in [-0.4, -0.2) is 15.3 Å². The van der Waals surface area contributed by atoms with E-state index in [4.69, 9.17) is 4.99 Å². The zero-order valence-electron chi connectivity index (χ0n) is 16.4. The Morgan fingerprint density at radius 2 is 1.86 bits per heavy atom. The average Bonchev–Trinajstić information content (AvgIpc) is 2.72. The summed E-state index contributed by atoms with van der Waals surface area (Å²) < 4.78 is 1.65. The number of aryl methyl sites for hydroxylation is 1. The van der Waals surface area contributed by atoms with E-state index in [9.17, 15) is 4.79 Å². The zero-order chi connectivity index (χ0) is 19.9. The van der Waals surface area contributed by atoms with Gasteiger partial charge in [0, 0.05) is 18.3 Å². The van der Waals surface area contributed by atoms with Gasteiger partial charge in [-0.15, -0.1) is 6.58 Å². The summed E-state index contributed by atoms with van der Waals surface area (Å²) in [6, 6.07) is 17.8. The molecule has 0 unspecified atom stereocenters. The first-order valence-corrected chi connectivity index (χ1v) is 9.55. The quantitative estimate of drug-likeness (QED) is 0.424. The lowest BCUT2D eigenvalue weighted by Crippen LogP contribution is -2.28. The van der Waals surface area contributed by atoms with Crippen molar-refractivity contribution in [1.82, 2.24) is 9.55 Å². The van der Waals surface area contributed by atoms with E-state index in [1.54, 1.807) is 16.8 Å². The van der Waals surface area contributed by atoms with Crippen LogP contribution in [0.4, 0.5) is 5.69 Å². The van der Waals surface area contributed by atoms with Gasteiger partial charge in [0.05, 0.1) is 17.0 Å². The molecule has 0 N–H and O–H groups in total. The molecule has 3 aromatic rings. The summed E-state index contributed by atoms with van der Waals surface area (Å²) in [5.74, 6) is 0.633. The van der Waals surface area contributed by atoms with Gasteiger partial charge < -0.3 is 0 Å². The molecule has 0 amide bonds. The van der Waals surface area contributed by atoms with E-state index in [0.717, 1.165) is 24.1 Å². The molecule has 0 saturated carbocycles. The van der Waals surface area contributed by atoms with Crippen LogP contribution < -0.4 is 5.56 Å². The Kier molecular flexibility index (Phi) is 6.33. The van der Waals surface area contributed by atoms with Crippen LogP contribution >= 0.6 is 0 Å². The second-order valence-corrected chi connectivity index (χ2v) is 6.64. The van der Waals surface area contributed by atoms with Gasteiger partial charge in [-0.3, -0.25) is 14.4 Å². The monoisotopic (exact) mass is 371 g/mol. The Hall–Kier alpha value is -3.27. The second-order valence-electron chi connectivity index (χ2n) is 6.64. The molecular weight excluding hydrogens is 346 g/mol. The summed E-state index contributed by atoms with van der Waals surface area (Å²) in [7, 11) is 0. The van der Waals surface area contributed by atoms with E-state index < -0.39 is 0 Å². The largest absolute Gasteiger partial charge is 0.288 e. The van der Waals surface area contributed by atoms with Gasteiger partial charge >= 0.3 is 0 Å². The third-order valence-electron chi connectivity index (χ3n) is 4.58. The minimum atomic E-state index is -0.108. The Balaban J connectivity index is 2.09. The van der Waals surface area contributed by atoms with Crippen LogP contribution in [-0.2, 0) is 13.0 Å². The standard InChI is InChI=1S/C24H25N3O/c1-4-11-19-12-9-10-15-22(19)26-18(3)21-17-25-23(20-13-7-6-8-14-20)27(16-5-2)24(21)28/h5-10,12-15,17H,2,4,11,16H2,1,3H3. The van der Waals surface area contributed by atoms with Gasteiger partial charge in [0.2, 0.25) is 0 Å². The van der Waals surface area contributed by atoms with Crippen LogP contribution in [0.15, 0.2) is 83.2 Å². The fourth-order valence-electron chi connectivity index (χ4n) is 3.20. The van der Waals surface area contributed by atoms with Crippen LogP contribution in [0.2, 0.25) is 0 Å². The predicted octanol–water partition coefficient (Wildman–Crippen LogP) is 5.19. The highest BCUT2D eigenvalue weighted by atomic mass is 16.1. The first-order valence-electron chi connectivity index (χ1n) is 9.55. The number of hydrogen-bond acceptors (Lipinski definition) is 3. The lowest BCUT2D eigenvalue weighted by molar-refractivity contribution is 0.763. The molecule has 1 heterocycles. The topological polar surface area (TPSA) is 47.2 Å². The maximum absolute atomic E-state index is 13.2. The molecule has 2 aromatic carbocycles. The molecule has 142 valence electrons. The van der Waals surface area contributed by atoms with Crippen LogP contribution in [0.5, 0.6) is 0 Å². The molecule has 4 heteroatoms. The summed E-state index contributed by atoms with van der Waals surface area (Å²) in [6.45, 7) is 8.19. The van der Waals surface area contributed by atoms with Gasteiger partial charge in [-0.25, -0.2) is 4.98 Å². The molecule has 0 bridgehead atoms. The van der Waals surface area contributed by atoms with E-state index in [-0.39, 0.29) is 5.56 Å². The van der Waals surface area contributed by atoms with Crippen molar-refractivity contribution in [2.75, 3.05) is 0 Å². The van der Waals surface area contributed by atoms with Crippen molar-refractivity contribution in [1.29, 1.82) is 0 Å². The van der Waals surface area contributed by atoms with Crippen molar-refractivity contribution in [3.8, 4) is 11.4 Å². The minimum Gasteiger partial charge on any atom is -0.288 e. The number of benzene rings is 2. The van der Waals surface area contributed by atoms with Crippen molar-refractivity contribution < 1.29 is 0 Å². The predicted molar refractivity (Wildman–Crippen MR) is 116 cm³/mol. The summed E-state index contributed by atoms with van der Waals surface area (Å²) in [5, 5.41) is 0. The van der Waals surface area contributed by atoms with Crippen molar-refractivity contribution in [2.45, 2.75) is 33.2 Å². The summed E-state index contributed by atoms with van der Waals surface area (Å²) in [5.41, 5.74) is 4.05. The number of nitrogens with zero attached hydrogens (tertiary/aromatic N) is 3. The summed E-state index contributed by atoms with van der Waals surface area (Å²) in [6.07, 6.45) is 5.34. The van der Waals surface area contributed by atoms with Crippen molar-refractivity contribution in [3.05, 3.63) is 94.9 Å². The van der Waals surface area contributed by atoms with Gasteiger partial charge in [0.25, 0.3) is 5.56 Å². The van der Waals surface area contributed by atoms with Crippen molar-refractivity contribution in [2.24, 2.45) is 4.99 Å². The third kappa shape index (κ3) is 4.17. The van der Waals surface area contributed by atoms with E-state index in [2.05, 4.69) is 24.6 Å². The first-order chi connectivity index (χ1) is 13.7. The highest BCUT2D eigenvalue weighted by Crippen LogP contribution is 2.21. The zero-order valence-corrected chi connectivity index (χ0v) is 16.4. The van der Waals surface area contributed by atoms with Gasteiger partial charge in [-0.2, -0.15) is 0 Å². The molecule has 28 heavy (non-hydrogen) atoms. The van der Waals surface area contributed by atoms with Crippen LogP contribution in [0.25, 0.3) is 11.4 Å². The molecule has 0 spiro atoms. The van der Waals surface area contributed by atoms with E-state index in [1.165, 1.54) is 5.56 Å². The highest BCUT2D eigenvalue weighted by Gasteiger charge is 2.13.